The summed E-state index contributed by atoms with van der Waals surface area (Å²) in [6, 6.07) is 8.87. The van der Waals surface area contributed by atoms with E-state index >= 15 is 0 Å². The predicted molar refractivity (Wildman–Crippen MR) is 79.5 cm³/mol. The van der Waals surface area contributed by atoms with Crippen molar-refractivity contribution in [3.63, 3.8) is 0 Å². The molecule has 3 aromatic rings. The van der Waals surface area contributed by atoms with Crippen LogP contribution in [-0.2, 0) is 12.5 Å². The predicted octanol–water partition coefficient (Wildman–Crippen LogP) is 3.52. The highest BCUT2D eigenvalue weighted by Crippen LogP contribution is 2.29. The Kier molecular flexibility index (Phi) is 2.46. The Morgan fingerprint density at radius 2 is 1.89 bits per heavy atom. The Hall–Kier alpha value is -1.83. The molecule has 2 aromatic heterocycles. The molecule has 0 fully saturated rings. The molecule has 0 bridgehead atoms. The first-order chi connectivity index (χ1) is 8.89. The van der Waals surface area contributed by atoms with Crippen LogP contribution in [0.5, 0.6) is 0 Å². The lowest BCUT2D eigenvalue weighted by molar-refractivity contribution is -0.643. The molecule has 0 amide bonds. The molecular formula is C17H21N2+. The molecule has 2 heteroatoms. The molecule has 0 aliphatic rings. The van der Waals surface area contributed by atoms with Gasteiger partial charge < -0.3 is 0 Å². The van der Waals surface area contributed by atoms with Crippen LogP contribution < -0.4 is 4.57 Å². The van der Waals surface area contributed by atoms with Gasteiger partial charge in [-0.25, -0.2) is 4.57 Å². The van der Waals surface area contributed by atoms with Gasteiger partial charge in [-0.15, -0.1) is 0 Å². The first kappa shape index (κ1) is 12.2. The normalized spacial score (nSPS) is 12.5. The molecule has 0 N–H and O–H groups in total. The third kappa shape index (κ3) is 1.74. The Balaban J connectivity index is 2.60. The molecule has 2 heterocycles. The van der Waals surface area contributed by atoms with Crippen molar-refractivity contribution in [2.24, 2.45) is 7.05 Å². The maximum absolute atomic E-state index is 2.33. The fraction of sp³-hybridized carbons (Fsp3) is 0.353. The second-order valence-corrected chi connectivity index (χ2v) is 6.42. The van der Waals surface area contributed by atoms with Crippen molar-refractivity contribution in [1.82, 2.24) is 4.40 Å². The minimum Gasteiger partial charge on any atom is -0.232 e. The van der Waals surface area contributed by atoms with E-state index in [1.165, 1.54) is 27.7 Å². The van der Waals surface area contributed by atoms with Gasteiger partial charge in [0.25, 0.3) is 5.65 Å². The molecule has 0 atom stereocenters. The lowest BCUT2D eigenvalue weighted by Crippen LogP contribution is -2.27. The molecule has 0 saturated carbocycles. The van der Waals surface area contributed by atoms with Crippen molar-refractivity contribution in [2.45, 2.75) is 33.1 Å². The zero-order chi connectivity index (χ0) is 13.8. The van der Waals surface area contributed by atoms with Gasteiger partial charge in [0.05, 0.1) is 12.4 Å². The van der Waals surface area contributed by atoms with E-state index in [2.05, 4.69) is 80.4 Å². The van der Waals surface area contributed by atoms with Crippen LogP contribution in [0.15, 0.2) is 36.7 Å². The van der Waals surface area contributed by atoms with Crippen LogP contribution in [0.25, 0.3) is 16.4 Å². The number of pyridine rings is 1. The molecule has 0 spiro atoms. The van der Waals surface area contributed by atoms with Crippen molar-refractivity contribution in [3.8, 4) is 0 Å². The minimum absolute atomic E-state index is 0.127. The molecule has 0 radical (unpaired) electrons. The summed E-state index contributed by atoms with van der Waals surface area (Å²) in [4.78, 5) is 0. The van der Waals surface area contributed by atoms with Crippen LogP contribution >= 0.6 is 0 Å². The summed E-state index contributed by atoms with van der Waals surface area (Å²) in [6.07, 6.45) is 4.30. The summed E-state index contributed by atoms with van der Waals surface area (Å²) in [5.74, 6) is 0. The van der Waals surface area contributed by atoms with E-state index in [1.54, 1.807) is 0 Å². The molecule has 98 valence electrons. The van der Waals surface area contributed by atoms with Crippen LogP contribution in [0.2, 0.25) is 0 Å². The molecule has 19 heavy (non-hydrogen) atoms. The smallest absolute Gasteiger partial charge is 0.232 e. The van der Waals surface area contributed by atoms with Crippen molar-refractivity contribution < 1.29 is 4.57 Å². The van der Waals surface area contributed by atoms with Crippen LogP contribution in [0.4, 0.5) is 0 Å². The topological polar surface area (TPSA) is 8.29 Å². The van der Waals surface area contributed by atoms with E-state index in [0.717, 1.165) is 0 Å². The van der Waals surface area contributed by atoms with E-state index in [-0.39, 0.29) is 5.41 Å². The van der Waals surface area contributed by atoms with E-state index < -0.39 is 0 Å². The quantitative estimate of drug-likeness (QED) is 0.542. The number of hydrogen-bond donors (Lipinski definition) is 0. The average Bonchev–Trinajstić information content (AvgIpc) is 2.70. The fourth-order valence-corrected chi connectivity index (χ4v) is 2.88. The molecule has 1 aromatic carbocycles. The minimum atomic E-state index is 0.127. The van der Waals surface area contributed by atoms with Crippen molar-refractivity contribution in [2.75, 3.05) is 0 Å². The number of fused-ring (bicyclic) bond motifs is 3. The Bertz CT molecular complexity index is 773. The van der Waals surface area contributed by atoms with E-state index in [1.807, 2.05) is 0 Å². The van der Waals surface area contributed by atoms with Gasteiger partial charge in [-0.3, -0.25) is 0 Å². The highest BCUT2D eigenvalue weighted by atomic mass is 15.1. The molecule has 3 rings (SSSR count). The van der Waals surface area contributed by atoms with E-state index in [4.69, 9.17) is 0 Å². The highest BCUT2D eigenvalue weighted by molar-refractivity contribution is 5.95. The third-order valence-electron chi connectivity index (χ3n) is 3.85. The van der Waals surface area contributed by atoms with Crippen molar-refractivity contribution in [3.05, 3.63) is 47.9 Å². The lowest BCUT2D eigenvalue weighted by Gasteiger charge is -2.18. The monoisotopic (exact) mass is 253 g/mol. The van der Waals surface area contributed by atoms with Gasteiger partial charge in [-0.05, 0) is 23.9 Å². The molecule has 2 nitrogen and oxygen atoms in total. The number of nitrogens with zero attached hydrogens (tertiary/aromatic N) is 2. The van der Waals surface area contributed by atoms with Gasteiger partial charge in [0.1, 0.15) is 18.1 Å². The van der Waals surface area contributed by atoms with Gasteiger partial charge in [-0.1, -0.05) is 39.0 Å². The van der Waals surface area contributed by atoms with Crippen LogP contribution in [0, 0.1) is 6.92 Å². The standard InChI is InChI=1S/C17H21N2/c1-12-7-6-8-13-11-14(17(2,3)4)19-10-9-18(5)16(19)15(12)13/h6-11H,1-5H3/q+1. The lowest BCUT2D eigenvalue weighted by atomic mass is 9.90. The average molecular weight is 253 g/mol. The van der Waals surface area contributed by atoms with Gasteiger partial charge in [0.2, 0.25) is 0 Å². The molecule has 0 aliphatic carbocycles. The second-order valence-electron chi connectivity index (χ2n) is 6.42. The maximum atomic E-state index is 2.33. The zero-order valence-electron chi connectivity index (χ0n) is 12.4. The summed E-state index contributed by atoms with van der Waals surface area (Å²) >= 11 is 0. The number of aromatic nitrogens is 2. The number of aryl methyl sites for hydroxylation is 2. The Labute approximate surface area is 114 Å². The van der Waals surface area contributed by atoms with E-state index in [9.17, 15) is 0 Å². The van der Waals surface area contributed by atoms with Gasteiger partial charge >= 0.3 is 0 Å². The number of rotatable bonds is 0. The number of hydrogen-bond acceptors (Lipinski definition) is 0. The summed E-state index contributed by atoms with van der Waals surface area (Å²) in [7, 11) is 2.12. The first-order valence-corrected chi connectivity index (χ1v) is 6.79. The summed E-state index contributed by atoms with van der Waals surface area (Å²) < 4.78 is 4.54. The molecule has 0 unspecified atom stereocenters. The van der Waals surface area contributed by atoms with Gasteiger partial charge in [0.15, 0.2) is 0 Å². The van der Waals surface area contributed by atoms with Crippen LogP contribution in [0.3, 0.4) is 0 Å². The van der Waals surface area contributed by atoms with Crippen LogP contribution in [-0.4, -0.2) is 4.40 Å². The molecular weight excluding hydrogens is 232 g/mol. The summed E-state index contributed by atoms with van der Waals surface area (Å²) in [5.41, 5.74) is 4.08. The largest absolute Gasteiger partial charge is 0.294 e. The zero-order valence-corrected chi connectivity index (χ0v) is 12.4. The molecule has 0 aliphatic heterocycles. The maximum Gasteiger partial charge on any atom is 0.294 e. The van der Waals surface area contributed by atoms with E-state index in [0.29, 0.717) is 0 Å². The highest BCUT2D eigenvalue weighted by Gasteiger charge is 2.25. The molecule has 0 saturated heterocycles. The Morgan fingerprint density at radius 1 is 1.16 bits per heavy atom. The fourth-order valence-electron chi connectivity index (χ4n) is 2.88. The second kappa shape index (κ2) is 3.83. The number of imidazole rings is 1. The summed E-state index contributed by atoms with van der Waals surface area (Å²) in [5, 5.41) is 2.68. The van der Waals surface area contributed by atoms with Crippen molar-refractivity contribution >= 4 is 16.4 Å². The SMILES string of the molecule is Cc1cccc2cc(C(C)(C)C)n3cc[n+](C)c3c12. The van der Waals surface area contributed by atoms with Gasteiger partial charge in [-0.2, -0.15) is 4.40 Å². The summed E-state index contributed by atoms with van der Waals surface area (Å²) in [6.45, 7) is 8.99. The van der Waals surface area contributed by atoms with Gasteiger partial charge in [0, 0.05) is 5.41 Å². The van der Waals surface area contributed by atoms with Crippen molar-refractivity contribution in [1.29, 1.82) is 0 Å². The Morgan fingerprint density at radius 3 is 2.58 bits per heavy atom. The number of benzene rings is 1. The van der Waals surface area contributed by atoms with Crippen LogP contribution in [0.1, 0.15) is 32.0 Å². The third-order valence-corrected chi connectivity index (χ3v) is 3.85. The first-order valence-electron chi connectivity index (χ1n) is 6.79.